The lowest BCUT2D eigenvalue weighted by Crippen LogP contribution is -2.39. The monoisotopic (exact) mass is 409 g/mol. The minimum atomic E-state index is -0.808. The van der Waals surface area contributed by atoms with E-state index in [0.717, 1.165) is 10.5 Å². The van der Waals surface area contributed by atoms with Gasteiger partial charge in [0, 0.05) is 16.2 Å². The van der Waals surface area contributed by atoms with E-state index in [-0.39, 0.29) is 0 Å². The molecule has 0 aliphatic carbocycles. The molecule has 6 nitrogen and oxygen atoms in total. The molecule has 2 aliphatic rings. The number of aliphatic hydroxyl groups excluding tert-OH is 1. The van der Waals surface area contributed by atoms with E-state index in [1.54, 1.807) is 31.4 Å². The fourth-order valence-electron chi connectivity index (χ4n) is 3.53. The summed E-state index contributed by atoms with van der Waals surface area (Å²) in [5, 5.41) is 9.80. The predicted octanol–water partition coefficient (Wildman–Crippen LogP) is 3.55. The molecule has 2 atom stereocenters. The summed E-state index contributed by atoms with van der Waals surface area (Å²) in [7, 11) is 2.86. The van der Waals surface area contributed by atoms with Crippen molar-refractivity contribution in [2.24, 2.45) is 0 Å². The summed E-state index contributed by atoms with van der Waals surface area (Å²) in [5.41, 5.74) is 1.88. The zero-order chi connectivity index (χ0) is 20.5. The first kappa shape index (κ1) is 19.1. The number of carbonyl (C=O) groups excluding carboxylic acids is 2. The molecule has 29 heavy (non-hydrogen) atoms. The fourth-order valence-corrected chi connectivity index (χ4v) is 4.83. The van der Waals surface area contributed by atoms with Gasteiger partial charge < -0.3 is 14.6 Å². The molecule has 0 bridgehead atoms. The van der Waals surface area contributed by atoms with Crippen molar-refractivity contribution in [2.75, 3.05) is 19.1 Å². The quantitative estimate of drug-likeness (QED) is 0.779. The minimum absolute atomic E-state index is 0.349. The molecule has 2 aromatic rings. The number of benzene rings is 2. The number of amides is 1. The van der Waals surface area contributed by atoms with Crippen molar-refractivity contribution in [2.45, 2.75) is 11.3 Å². The fraction of sp³-hybridized carbons (Fsp3) is 0.182. The molecular formula is C22H19NO5S. The molecule has 2 aromatic carbocycles. The van der Waals surface area contributed by atoms with Crippen LogP contribution in [0.5, 0.6) is 5.75 Å². The maximum absolute atomic E-state index is 12.9. The normalized spacial score (nSPS) is 21.0. The van der Waals surface area contributed by atoms with Gasteiger partial charge in [0.15, 0.2) is 5.76 Å². The molecular weight excluding hydrogens is 390 g/mol. The Labute approximate surface area is 172 Å². The number of fused-ring (bicyclic) bond motifs is 1. The van der Waals surface area contributed by atoms with Crippen molar-refractivity contribution in [3.05, 3.63) is 77.6 Å². The molecule has 0 fully saturated rings. The Balaban J connectivity index is 1.83. The van der Waals surface area contributed by atoms with Crippen LogP contribution in [-0.4, -0.2) is 42.5 Å². The molecule has 0 unspecified atom stereocenters. The van der Waals surface area contributed by atoms with E-state index in [2.05, 4.69) is 0 Å². The highest BCUT2D eigenvalue weighted by atomic mass is 32.2. The van der Waals surface area contributed by atoms with E-state index < -0.39 is 28.9 Å². The Morgan fingerprint density at radius 3 is 2.38 bits per heavy atom. The van der Waals surface area contributed by atoms with Gasteiger partial charge in [-0.05, 0) is 35.9 Å². The Kier molecular flexibility index (Phi) is 5.07. The van der Waals surface area contributed by atoms with Gasteiger partial charge in [-0.1, -0.05) is 30.3 Å². The Morgan fingerprint density at radius 2 is 1.76 bits per heavy atom. The van der Waals surface area contributed by atoms with E-state index in [0.29, 0.717) is 17.0 Å². The SMILES string of the molecule is COC(=O)[C@@H]1SC(c2ccccc2)=C[C@H]2C1=C(O)C(=O)N2c1ccc(OC)cc1. The second-order valence-electron chi connectivity index (χ2n) is 6.54. The van der Waals surface area contributed by atoms with E-state index in [1.165, 1.54) is 23.8 Å². The number of ether oxygens (including phenoxy) is 2. The molecule has 7 heteroatoms. The number of nitrogens with zero attached hydrogens (tertiary/aromatic N) is 1. The predicted molar refractivity (Wildman–Crippen MR) is 112 cm³/mol. The zero-order valence-corrected chi connectivity index (χ0v) is 16.7. The molecule has 2 aliphatic heterocycles. The highest BCUT2D eigenvalue weighted by Crippen LogP contribution is 2.47. The van der Waals surface area contributed by atoms with E-state index in [1.807, 2.05) is 36.4 Å². The Hall–Kier alpha value is -3.19. The largest absolute Gasteiger partial charge is 0.503 e. The second kappa shape index (κ2) is 7.67. The number of esters is 1. The summed E-state index contributed by atoms with van der Waals surface area (Å²) in [6.07, 6.45) is 1.90. The smallest absolute Gasteiger partial charge is 0.323 e. The number of thioether (sulfide) groups is 1. The van der Waals surface area contributed by atoms with Crippen LogP contribution in [0.3, 0.4) is 0 Å². The van der Waals surface area contributed by atoms with Gasteiger partial charge in [-0.15, -0.1) is 11.8 Å². The van der Waals surface area contributed by atoms with Crippen molar-refractivity contribution >= 4 is 34.2 Å². The number of methoxy groups -OCH3 is 2. The number of rotatable bonds is 4. The van der Waals surface area contributed by atoms with Gasteiger partial charge >= 0.3 is 5.97 Å². The number of hydrogen-bond donors (Lipinski definition) is 1. The highest BCUT2D eigenvalue weighted by Gasteiger charge is 2.48. The van der Waals surface area contributed by atoms with Gasteiger partial charge in [0.2, 0.25) is 0 Å². The van der Waals surface area contributed by atoms with Crippen LogP contribution in [0.25, 0.3) is 4.91 Å². The summed E-state index contributed by atoms with van der Waals surface area (Å²) >= 11 is 1.27. The first-order chi connectivity index (χ1) is 14.0. The lowest BCUT2D eigenvalue weighted by atomic mass is 10.0. The van der Waals surface area contributed by atoms with Gasteiger partial charge in [-0.3, -0.25) is 14.5 Å². The van der Waals surface area contributed by atoms with Gasteiger partial charge in [-0.25, -0.2) is 0 Å². The van der Waals surface area contributed by atoms with Crippen LogP contribution in [0.2, 0.25) is 0 Å². The molecule has 4 rings (SSSR count). The van der Waals surface area contributed by atoms with Crippen molar-refractivity contribution in [1.29, 1.82) is 0 Å². The third kappa shape index (κ3) is 3.27. The molecule has 1 N–H and O–H groups in total. The van der Waals surface area contributed by atoms with Crippen LogP contribution in [0.15, 0.2) is 72.0 Å². The molecule has 0 saturated carbocycles. The molecule has 0 saturated heterocycles. The molecule has 0 aromatic heterocycles. The van der Waals surface area contributed by atoms with Crippen molar-refractivity contribution < 1.29 is 24.2 Å². The van der Waals surface area contributed by atoms with Gasteiger partial charge in [0.25, 0.3) is 5.91 Å². The van der Waals surface area contributed by atoms with Crippen molar-refractivity contribution in [1.82, 2.24) is 0 Å². The third-order valence-electron chi connectivity index (χ3n) is 4.95. The number of aliphatic hydroxyl groups is 1. The second-order valence-corrected chi connectivity index (χ2v) is 7.69. The standard InChI is InChI=1S/C22H19NO5S/c1-27-15-10-8-14(9-11-15)23-16-12-17(13-6-4-3-5-7-13)29-20(22(26)28-2)18(16)19(24)21(23)25/h3-12,16,20,24H,1-2H3/t16-,20+/m0/s1. The van der Waals surface area contributed by atoms with E-state index in [9.17, 15) is 14.7 Å². The third-order valence-corrected chi connectivity index (χ3v) is 6.26. The van der Waals surface area contributed by atoms with Crippen molar-refractivity contribution in [3.8, 4) is 5.75 Å². The summed E-state index contributed by atoms with van der Waals surface area (Å²) in [6, 6.07) is 16.0. The van der Waals surface area contributed by atoms with E-state index in [4.69, 9.17) is 9.47 Å². The number of hydrogen-bond acceptors (Lipinski definition) is 6. The minimum Gasteiger partial charge on any atom is -0.503 e. The highest BCUT2D eigenvalue weighted by molar-refractivity contribution is 8.09. The lowest BCUT2D eigenvalue weighted by molar-refractivity contribution is -0.139. The number of carbonyl (C=O) groups is 2. The Morgan fingerprint density at radius 1 is 1.07 bits per heavy atom. The number of anilines is 1. The van der Waals surface area contributed by atoms with Gasteiger partial charge in [0.05, 0.1) is 20.3 Å². The molecule has 0 radical (unpaired) electrons. The van der Waals surface area contributed by atoms with Crippen LogP contribution in [-0.2, 0) is 14.3 Å². The summed E-state index contributed by atoms with van der Waals surface area (Å²) in [5.74, 6) is -0.801. The molecule has 1 amide bonds. The molecule has 0 spiro atoms. The summed E-state index contributed by atoms with van der Waals surface area (Å²) in [6.45, 7) is 0. The van der Waals surface area contributed by atoms with Crippen molar-refractivity contribution in [3.63, 3.8) is 0 Å². The van der Waals surface area contributed by atoms with Crippen LogP contribution in [0.4, 0.5) is 5.69 Å². The van der Waals surface area contributed by atoms with Crippen LogP contribution in [0.1, 0.15) is 5.56 Å². The average molecular weight is 409 g/mol. The Bertz CT molecular complexity index is 1010. The van der Waals surface area contributed by atoms with Gasteiger partial charge in [-0.2, -0.15) is 0 Å². The first-order valence-corrected chi connectivity index (χ1v) is 9.85. The molecule has 148 valence electrons. The summed E-state index contributed by atoms with van der Waals surface area (Å²) < 4.78 is 10.1. The zero-order valence-electron chi connectivity index (χ0n) is 15.9. The topological polar surface area (TPSA) is 76.1 Å². The average Bonchev–Trinajstić information content (AvgIpc) is 3.03. The maximum atomic E-state index is 12.9. The molecule has 2 heterocycles. The lowest BCUT2D eigenvalue weighted by Gasteiger charge is -2.31. The van der Waals surface area contributed by atoms with Crippen LogP contribution < -0.4 is 9.64 Å². The summed E-state index contributed by atoms with van der Waals surface area (Å²) in [4.78, 5) is 27.8. The van der Waals surface area contributed by atoms with Crippen LogP contribution in [0, 0.1) is 0 Å². The van der Waals surface area contributed by atoms with E-state index >= 15 is 0 Å². The van der Waals surface area contributed by atoms with Crippen LogP contribution >= 0.6 is 11.8 Å². The maximum Gasteiger partial charge on any atom is 0.323 e. The van der Waals surface area contributed by atoms with Gasteiger partial charge in [0.1, 0.15) is 11.0 Å². The first-order valence-electron chi connectivity index (χ1n) is 8.97.